The van der Waals surface area contributed by atoms with Gasteiger partial charge in [-0.25, -0.2) is 4.79 Å². The highest BCUT2D eigenvalue weighted by Gasteiger charge is 1.96. The van der Waals surface area contributed by atoms with Crippen LogP contribution < -0.4 is 0 Å². The molecule has 80 valence electrons. The van der Waals surface area contributed by atoms with Crippen molar-refractivity contribution in [3.05, 3.63) is 12.2 Å². The van der Waals surface area contributed by atoms with Crippen molar-refractivity contribution in [1.29, 1.82) is 0 Å². The zero-order chi connectivity index (χ0) is 10.8. The SMILES string of the molecule is CCCCCOC(=O)C=CCC(=O)O. The fourth-order valence-corrected chi connectivity index (χ4v) is 0.829. The summed E-state index contributed by atoms with van der Waals surface area (Å²) in [7, 11) is 0. The van der Waals surface area contributed by atoms with Gasteiger partial charge in [0.2, 0.25) is 0 Å². The van der Waals surface area contributed by atoms with Crippen LogP contribution in [0.25, 0.3) is 0 Å². The van der Waals surface area contributed by atoms with Crippen LogP contribution in [0.5, 0.6) is 0 Å². The highest BCUT2D eigenvalue weighted by atomic mass is 16.5. The number of ether oxygens (including phenoxy) is 1. The van der Waals surface area contributed by atoms with E-state index in [1.807, 2.05) is 0 Å². The molecule has 0 bridgehead atoms. The summed E-state index contributed by atoms with van der Waals surface area (Å²) in [5, 5.41) is 8.27. The van der Waals surface area contributed by atoms with Gasteiger partial charge in [0.15, 0.2) is 0 Å². The molecule has 0 aliphatic heterocycles. The van der Waals surface area contributed by atoms with E-state index in [4.69, 9.17) is 9.84 Å². The predicted molar refractivity (Wildman–Crippen MR) is 51.9 cm³/mol. The van der Waals surface area contributed by atoms with Gasteiger partial charge in [0, 0.05) is 6.08 Å². The smallest absolute Gasteiger partial charge is 0.330 e. The third-order valence-corrected chi connectivity index (χ3v) is 1.54. The molecule has 0 fully saturated rings. The van der Waals surface area contributed by atoms with Crippen molar-refractivity contribution >= 4 is 11.9 Å². The van der Waals surface area contributed by atoms with Crippen molar-refractivity contribution in [2.24, 2.45) is 0 Å². The number of rotatable bonds is 7. The third kappa shape index (κ3) is 8.77. The lowest BCUT2D eigenvalue weighted by atomic mass is 10.3. The molecule has 14 heavy (non-hydrogen) atoms. The highest BCUT2D eigenvalue weighted by Crippen LogP contribution is 1.95. The van der Waals surface area contributed by atoms with Crippen LogP contribution in [-0.4, -0.2) is 23.7 Å². The fourth-order valence-electron chi connectivity index (χ4n) is 0.829. The van der Waals surface area contributed by atoms with Crippen molar-refractivity contribution in [3.8, 4) is 0 Å². The van der Waals surface area contributed by atoms with Gasteiger partial charge in [0.05, 0.1) is 13.0 Å². The summed E-state index contributed by atoms with van der Waals surface area (Å²) in [5.41, 5.74) is 0. The number of unbranched alkanes of at least 4 members (excludes halogenated alkanes) is 2. The molecule has 0 aliphatic carbocycles. The highest BCUT2D eigenvalue weighted by molar-refractivity contribution is 5.82. The maximum absolute atomic E-state index is 10.9. The summed E-state index contributed by atoms with van der Waals surface area (Å²) >= 11 is 0. The van der Waals surface area contributed by atoms with Crippen LogP contribution in [-0.2, 0) is 14.3 Å². The van der Waals surface area contributed by atoms with Gasteiger partial charge >= 0.3 is 11.9 Å². The molecule has 0 aromatic rings. The molecule has 0 saturated carbocycles. The van der Waals surface area contributed by atoms with E-state index in [-0.39, 0.29) is 6.42 Å². The van der Waals surface area contributed by atoms with E-state index >= 15 is 0 Å². The quantitative estimate of drug-likeness (QED) is 0.386. The molecule has 0 atom stereocenters. The number of esters is 1. The second-order valence-corrected chi connectivity index (χ2v) is 2.87. The summed E-state index contributed by atoms with van der Waals surface area (Å²) < 4.78 is 4.81. The van der Waals surface area contributed by atoms with Gasteiger partial charge in [-0.2, -0.15) is 0 Å². The van der Waals surface area contributed by atoms with E-state index in [9.17, 15) is 9.59 Å². The number of carboxylic acids is 1. The Bertz CT molecular complexity index is 208. The van der Waals surface area contributed by atoms with E-state index in [0.717, 1.165) is 25.3 Å². The first-order chi connectivity index (χ1) is 6.66. The molecule has 4 heteroatoms. The number of carboxylic acid groups (broad SMARTS) is 1. The van der Waals surface area contributed by atoms with Crippen molar-refractivity contribution in [2.45, 2.75) is 32.6 Å². The Labute approximate surface area is 83.6 Å². The molecular weight excluding hydrogens is 184 g/mol. The molecule has 1 N–H and O–H groups in total. The second-order valence-electron chi connectivity index (χ2n) is 2.87. The third-order valence-electron chi connectivity index (χ3n) is 1.54. The first kappa shape index (κ1) is 12.7. The maximum Gasteiger partial charge on any atom is 0.330 e. The van der Waals surface area contributed by atoms with Crippen LogP contribution in [0, 0.1) is 0 Å². The lowest BCUT2D eigenvalue weighted by molar-refractivity contribution is -0.137. The molecule has 0 unspecified atom stereocenters. The normalized spacial score (nSPS) is 10.4. The standard InChI is InChI=1S/C10H16O4/c1-2-3-4-8-14-10(13)7-5-6-9(11)12/h5,7H,2-4,6,8H2,1H3,(H,11,12). The average molecular weight is 200 g/mol. The Morgan fingerprint density at radius 1 is 1.36 bits per heavy atom. The van der Waals surface area contributed by atoms with Gasteiger partial charge in [-0.1, -0.05) is 25.8 Å². The number of carbonyl (C=O) groups is 2. The van der Waals surface area contributed by atoms with E-state index in [1.165, 1.54) is 6.08 Å². The summed E-state index contributed by atoms with van der Waals surface area (Å²) in [4.78, 5) is 21.0. The molecule has 4 nitrogen and oxygen atoms in total. The Balaban J connectivity index is 3.45. The molecule has 0 aliphatic rings. The molecule has 0 saturated heterocycles. The summed E-state index contributed by atoms with van der Waals surface area (Å²) in [6.45, 7) is 2.47. The van der Waals surface area contributed by atoms with E-state index < -0.39 is 11.9 Å². The fraction of sp³-hybridized carbons (Fsp3) is 0.600. The van der Waals surface area contributed by atoms with Crippen molar-refractivity contribution in [3.63, 3.8) is 0 Å². The van der Waals surface area contributed by atoms with Crippen molar-refractivity contribution < 1.29 is 19.4 Å². The average Bonchev–Trinajstić information content (AvgIpc) is 2.12. The van der Waals surface area contributed by atoms with Gasteiger partial charge in [-0.15, -0.1) is 0 Å². The largest absolute Gasteiger partial charge is 0.481 e. The van der Waals surface area contributed by atoms with E-state index in [1.54, 1.807) is 0 Å². The first-order valence-electron chi connectivity index (χ1n) is 4.72. The Morgan fingerprint density at radius 3 is 2.64 bits per heavy atom. The van der Waals surface area contributed by atoms with E-state index in [0.29, 0.717) is 6.61 Å². The van der Waals surface area contributed by atoms with E-state index in [2.05, 4.69) is 6.92 Å². The summed E-state index contributed by atoms with van der Waals surface area (Å²) in [6.07, 6.45) is 5.25. The number of hydrogen-bond acceptors (Lipinski definition) is 3. The molecular formula is C10H16O4. The van der Waals surface area contributed by atoms with Crippen molar-refractivity contribution in [1.82, 2.24) is 0 Å². The topological polar surface area (TPSA) is 63.6 Å². The molecule has 0 heterocycles. The van der Waals surface area contributed by atoms with Crippen LogP contribution >= 0.6 is 0 Å². The molecule has 0 radical (unpaired) electrons. The van der Waals surface area contributed by atoms with Gasteiger partial charge in [-0.3, -0.25) is 4.79 Å². The van der Waals surface area contributed by atoms with Crippen molar-refractivity contribution in [2.75, 3.05) is 6.61 Å². The number of carbonyl (C=O) groups excluding carboxylic acids is 1. The second kappa shape index (κ2) is 8.29. The van der Waals surface area contributed by atoms with Gasteiger partial charge in [0.1, 0.15) is 0 Å². The molecule has 0 rings (SSSR count). The Kier molecular flexibility index (Phi) is 7.50. The summed E-state index contributed by atoms with van der Waals surface area (Å²) in [6, 6.07) is 0. The van der Waals surface area contributed by atoms with Crippen LogP contribution in [0.2, 0.25) is 0 Å². The minimum atomic E-state index is -0.958. The molecule has 0 spiro atoms. The van der Waals surface area contributed by atoms with Crippen LogP contribution in [0.4, 0.5) is 0 Å². The first-order valence-corrected chi connectivity index (χ1v) is 4.72. The monoisotopic (exact) mass is 200 g/mol. The Hall–Kier alpha value is -1.32. The predicted octanol–water partition coefficient (Wildman–Crippen LogP) is 1.75. The lowest BCUT2D eigenvalue weighted by Gasteiger charge is -1.99. The number of hydrogen-bond donors (Lipinski definition) is 1. The molecule has 0 aromatic heterocycles. The lowest BCUT2D eigenvalue weighted by Crippen LogP contribution is -2.02. The van der Waals surface area contributed by atoms with Gasteiger partial charge in [-0.05, 0) is 6.42 Å². The van der Waals surface area contributed by atoms with Crippen LogP contribution in [0.3, 0.4) is 0 Å². The maximum atomic E-state index is 10.9. The number of aliphatic carboxylic acids is 1. The minimum absolute atomic E-state index is 0.149. The minimum Gasteiger partial charge on any atom is -0.481 e. The van der Waals surface area contributed by atoms with Gasteiger partial charge in [0.25, 0.3) is 0 Å². The summed E-state index contributed by atoms with van der Waals surface area (Å²) in [5.74, 6) is -1.43. The zero-order valence-corrected chi connectivity index (χ0v) is 8.36. The van der Waals surface area contributed by atoms with Gasteiger partial charge < -0.3 is 9.84 Å². The zero-order valence-electron chi connectivity index (χ0n) is 8.36. The van der Waals surface area contributed by atoms with Crippen LogP contribution in [0.1, 0.15) is 32.6 Å². The molecule has 0 aromatic carbocycles. The Morgan fingerprint density at radius 2 is 2.07 bits per heavy atom. The molecule has 0 amide bonds. The van der Waals surface area contributed by atoms with Crippen LogP contribution in [0.15, 0.2) is 12.2 Å².